The van der Waals surface area contributed by atoms with Gasteiger partial charge in [-0.05, 0) is 40.3 Å². The molecular weight excluding hydrogens is 270 g/mol. The summed E-state index contributed by atoms with van der Waals surface area (Å²) in [5.74, 6) is 1.23. The molecule has 3 nitrogen and oxygen atoms in total. The third-order valence-corrected chi connectivity index (χ3v) is 3.62. The lowest BCUT2D eigenvalue weighted by molar-refractivity contribution is 0.0621. The van der Waals surface area contributed by atoms with Gasteiger partial charge in [0, 0.05) is 13.1 Å². The van der Waals surface area contributed by atoms with E-state index in [4.69, 9.17) is 4.42 Å². The highest BCUT2D eigenvalue weighted by Crippen LogP contribution is 2.25. The molecule has 0 N–H and O–H groups in total. The van der Waals surface area contributed by atoms with Crippen LogP contribution in [0.15, 0.2) is 21.4 Å². The number of likely N-dealkylation sites (tertiary alicyclic amines) is 1. The van der Waals surface area contributed by atoms with Crippen LogP contribution in [0.3, 0.4) is 0 Å². The van der Waals surface area contributed by atoms with Gasteiger partial charge in [0.05, 0.1) is 11.8 Å². The number of carbonyl (C=O) groups excluding carboxylic acids is 1. The van der Waals surface area contributed by atoms with Crippen molar-refractivity contribution in [2.75, 3.05) is 13.1 Å². The summed E-state index contributed by atoms with van der Waals surface area (Å²) in [5, 5.41) is 0. The Kier molecular flexibility index (Phi) is 3.38. The van der Waals surface area contributed by atoms with Crippen molar-refractivity contribution in [1.82, 2.24) is 4.90 Å². The number of carbonyl (C=O) groups is 1. The van der Waals surface area contributed by atoms with Crippen molar-refractivity contribution < 1.29 is 9.21 Å². The molecule has 0 bridgehead atoms. The van der Waals surface area contributed by atoms with Crippen LogP contribution in [0.25, 0.3) is 0 Å². The van der Waals surface area contributed by atoms with Gasteiger partial charge in [0.1, 0.15) is 0 Å². The first kappa shape index (κ1) is 11.7. The van der Waals surface area contributed by atoms with E-state index in [0.717, 1.165) is 13.1 Å². The van der Waals surface area contributed by atoms with Crippen molar-refractivity contribution >= 4 is 21.8 Å². The molecule has 2 heterocycles. The Morgan fingerprint density at radius 1 is 1.44 bits per heavy atom. The van der Waals surface area contributed by atoms with E-state index in [-0.39, 0.29) is 5.91 Å². The molecule has 16 heavy (non-hydrogen) atoms. The third-order valence-electron chi connectivity index (χ3n) is 3.00. The summed E-state index contributed by atoms with van der Waals surface area (Å²) in [6, 6.07) is 1.72. The predicted octanol–water partition coefficient (Wildman–Crippen LogP) is 3.16. The second-order valence-electron chi connectivity index (χ2n) is 4.76. The predicted molar refractivity (Wildman–Crippen MR) is 65.3 cm³/mol. The fourth-order valence-electron chi connectivity index (χ4n) is 2.45. The van der Waals surface area contributed by atoms with E-state index in [1.165, 1.54) is 12.7 Å². The molecule has 4 heteroatoms. The van der Waals surface area contributed by atoms with Crippen molar-refractivity contribution in [3.63, 3.8) is 0 Å². The number of piperidine rings is 1. The molecule has 1 saturated heterocycles. The lowest BCUT2D eigenvalue weighted by Gasteiger charge is -2.34. The van der Waals surface area contributed by atoms with E-state index >= 15 is 0 Å². The van der Waals surface area contributed by atoms with E-state index < -0.39 is 0 Å². The van der Waals surface area contributed by atoms with Gasteiger partial charge in [-0.1, -0.05) is 13.8 Å². The molecule has 1 aliphatic rings. The number of halogens is 1. The standard InChI is InChI=1S/C12H16BrNO2/c1-8-5-9(2)7-14(6-8)12(15)10-3-4-16-11(10)13/h3-4,8-9H,5-7H2,1-2H3. The largest absolute Gasteiger partial charge is 0.457 e. The first-order valence-corrected chi connectivity index (χ1v) is 6.39. The average molecular weight is 286 g/mol. The minimum atomic E-state index is 0.0685. The van der Waals surface area contributed by atoms with E-state index in [1.807, 2.05) is 4.90 Å². The van der Waals surface area contributed by atoms with Crippen molar-refractivity contribution in [2.45, 2.75) is 20.3 Å². The molecule has 2 rings (SSSR count). The van der Waals surface area contributed by atoms with Crippen molar-refractivity contribution in [1.29, 1.82) is 0 Å². The Hall–Kier alpha value is -0.770. The van der Waals surface area contributed by atoms with Crippen LogP contribution in [0.5, 0.6) is 0 Å². The topological polar surface area (TPSA) is 33.5 Å². The Labute approximate surface area is 104 Å². The molecule has 0 saturated carbocycles. The molecule has 0 radical (unpaired) electrons. The van der Waals surface area contributed by atoms with Gasteiger partial charge in [-0.25, -0.2) is 0 Å². The van der Waals surface area contributed by atoms with Crippen molar-refractivity contribution in [2.24, 2.45) is 11.8 Å². The highest BCUT2D eigenvalue weighted by atomic mass is 79.9. The summed E-state index contributed by atoms with van der Waals surface area (Å²) < 4.78 is 5.63. The maximum Gasteiger partial charge on any atom is 0.258 e. The van der Waals surface area contributed by atoms with Gasteiger partial charge in [-0.3, -0.25) is 4.79 Å². The Balaban J connectivity index is 2.13. The van der Waals surface area contributed by atoms with Crippen molar-refractivity contribution in [3.05, 3.63) is 22.6 Å². The minimum Gasteiger partial charge on any atom is -0.457 e. The van der Waals surface area contributed by atoms with Crippen LogP contribution in [0.1, 0.15) is 30.6 Å². The van der Waals surface area contributed by atoms with Crippen LogP contribution >= 0.6 is 15.9 Å². The lowest BCUT2D eigenvalue weighted by atomic mass is 9.91. The van der Waals surface area contributed by atoms with E-state index in [1.54, 1.807) is 6.07 Å². The third kappa shape index (κ3) is 2.32. The van der Waals surface area contributed by atoms with E-state index in [9.17, 15) is 4.79 Å². The van der Waals surface area contributed by atoms with Gasteiger partial charge >= 0.3 is 0 Å². The molecule has 1 aromatic heterocycles. The molecular formula is C12H16BrNO2. The zero-order chi connectivity index (χ0) is 11.7. The molecule has 1 aromatic rings. The zero-order valence-electron chi connectivity index (χ0n) is 9.57. The molecule has 2 atom stereocenters. The van der Waals surface area contributed by atoms with Crippen LogP contribution in [-0.2, 0) is 0 Å². The summed E-state index contributed by atoms with van der Waals surface area (Å²) in [6.45, 7) is 6.09. The average Bonchev–Trinajstić information content (AvgIpc) is 2.62. The summed E-state index contributed by atoms with van der Waals surface area (Å²) in [5.41, 5.74) is 0.626. The fourth-order valence-corrected chi connectivity index (χ4v) is 2.85. The molecule has 1 fully saturated rings. The SMILES string of the molecule is CC1CC(C)CN(C(=O)c2ccoc2Br)C1. The second kappa shape index (κ2) is 4.62. The fraction of sp³-hybridized carbons (Fsp3) is 0.583. The number of hydrogen-bond donors (Lipinski definition) is 0. The maximum atomic E-state index is 12.2. The monoisotopic (exact) mass is 285 g/mol. The summed E-state index contributed by atoms with van der Waals surface area (Å²) >= 11 is 3.25. The van der Waals surface area contributed by atoms with E-state index in [0.29, 0.717) is 22.1 Å². The molecule has 1 amide bonds. The highest BCUT2D eigenvalue weighted by molar-refractivity contribution is 9.10. The first-order valence-electron chi connectivity index (χ1n) is 5.60. The van der Waals surface area contributed by atoms with E-state index in [2.05, 4.69) is 29.8 Å². The van der Waals surface area contributed by atoms with Crippen LogP contribution in [0, 0.1) is 11.8 Å². The number of hydrogen-bond acceptors (Lipinski definition) is 2. The Bertz CT molecular complexity index is 378. The van der Waals surface area contributed by atoms with Gasteiger partial charge < -0.3 is 9.32 Å². The quantitative estimate of drug-likeness (QED) is 0.794. The van der Waals surface area contributed by atoms with Crippen LogP contribution < -0.4 is 0 Å². The highest BCUT2D eigenvalue weighted by Gasteiger charge is 2.27. The molecule has 0 aromatic carbocycles. The lowest BCUT2D eigenvalue weighted by Crippen LogP contribution is -2.42. The normalized spacial score (nSPS) is 25.8. The van der Waals surface area contributed by atoms with Crippen LogP contribution in [0.2, 0.25) is 0 Å². The summed E-state index contributed by atoms with van der Waals surface area (Å²) in [7, 11) is 0. The van der Waals surface area contributed by atoms with Gasteiger partial charge in [0.25, 0.3) is 5.91 Å². The molecule has 0 aliphatic carbocycles. The van der Waals surface area contributed by atoms with Gasteiger partial charge in [0.2, 0.25) is 0 Å². The first-order chi connectivity index (χ1) is 7.58. The van der Waals surface area contributed by atoms with Crippen LogP contribution in [-0.4, -0.2) is 23.9 Å². The number of rotatable bonds is 1. The Morgan fingerprint density at radius 3 is 2.56 bits per heavy atom. The van der Waals surface area contributed by atoms with Gasteiger partial charge in [-0.15, -0.1) is 0 Å². The molecule has 0 spiro atoms. The second-order valence-corrected chi connectivity index (χ2v) is 5.48. The number of nitrogens with zero attached hydrogens (tertiary/aromatic N) is 1. The van der Waals surface area contributed by atoms with Gasteiger partial charge in [0.15, 0.2) is 4.67 Å². The summed E-state index contributed by atoms with van der Waals surface area (Å²) in [4.78, 5) is 14.1. The molecule has 88 valence electrons. The minimum absolute atomic E-state index is 0.0685. The number of furan rings is 1. The molecule has 1 aliphatic heterocycles. The number of amides is 1. The maximum absolute atomic E-state index is 12.2. The van der Waals surface area contributed by atoms with Crippen LogP contribution in [0.4, 0.5) is 0 Å². The van der Waals surface area contributed by atoms with Crippen molar-refractivity contribution in [3.8, 4) is 0 Å². The van der Waals surface area contributed by atoms with Gasteiger partial charge in [-0.2, -0.15) is 0 Å². The zero-order valence-corrected chi connectivity index (χ0v) is 11.2. The Morgan fingerprint density at radius 2 is 2.06 bits per heavy atom. The smallest absolute Gasteiger partial charge is 0.258 e. The summed E-state index contributed by atoms with van der Waals surface area (Å²) in [6.07, 6.45) is 2.74. The molecule has 2 unspecified atom stereocenters.